The first-order valence-electron chi connectivity index (χ1n) is 9.22. The number of halogens is 1. The molecule has 0 spiro atoms. The van der Waals surface area contributed by atoms with Gasteiger partial charge in [-0.05, 0) is 67.5 Å². The van der Waals surface area contributed by atoms with E-state index < -0.39 is 17.2 Å². The lowest BCUT2D eigenvalue weighted by atomic mass is 10.1. The van der Waals surface area contributed by atoms with Crippen LogP contribution in [0.3, 0.4) is 0 Å². The van der Waals surface area contributed by atoms with Gasteiger partial charge in [0.25, 0.3) is 0 Å². The van der Waals surface area contributed by atoms with Gasteiger partial charge >= 0.3 is 6.09 Å². The lowest BCUT2D eigenvalue weighted by Crippen LogP contribution is -2.49. The average molecular weight is 483 g/mol. The van der Waals surface area contributed by atoms with E-state index in [1.807, 2.05) is 41.5 Å². The summed E-state index contributed by atoms with van der Waals surface area (Å²) in [7, 11) is 2.16. The Bertz CT molecular complexity index is 463. The summed E-state index contributed by atoms with van der Waals surface area (Å²) in [4.78, 5) is 18.9. The Labute approximate surface area is 176 Å². The third-order valence-corrected chi connectivity index (χ3v) is 3.86. The average Bonchev–Trinajstić information content (AvgIpc) is 2.85. The van der Waals surface area contributed by atoms with Gasteiger partial charge in [0.2, 0.25) is 0 Å². The van der Waals surface area contributed by atoms with E-state index in [-0.39, 0.29) is 24.0 Å². The number of amides is 1. The highest BCUT2D eigenvalue weighted by atomic mass is 127. The second-order valence-electron chi connectivity index (χ2n) is 8.50. The van der Waals surface area contributed by atoms with Crippen molar-refractivity contribution < 1.29 is 9.53 Å². The molecule has 1 unspecified atom stereocenters. The molecule has 0 radical (unpaired) electrons. The molecular weight excluding hydrogens is 445 g/mol. The molecule has 154 valence electrons. The second kappa shape index (κ2) is 11.2. The topological polar surface area (TPSA) is 78.0 Å². The minimum absolute atomic E-state index is 0. The molecule has 1 rings (SSSR count). The third-order valence-electron chi connectivity index (χ3n) is 3.86. The smallest absolute Gasteiger partial charge is 0.408 e. The molecule has 1 atom stereocenters. The van der Waals surface area contributed by atoms with Crippen LogP contribution in [0.15, 0.2) is 4.99 Å². The van der Waals surface area contributed by atoms with Crippen molar-refractivity contribution in [3.63, 3.8) is 0 Å². The van der Waals surface area contributed by atoms with E-state index >= 15 is 0 Å². The molecule has 7 nitrogen and oxygen atoms in total. The number of likely N-dealkylation sites (tertiary alicyclic amines) is 1. The summed E-state index contributed by atoms with van der Waals surface area (Å²) in [6, 6.07) is 0. The van der Waals surface area contributed by atoms with Crippen molar-refractivity contribution >= 4 is 36.0 Å². The zero-order valence-corrected chi connectivity index (χ0v) is 19.8. The number of hydrogen-bond donors (Lipinski definition) is 3. The fraction of sp³-hybridized carbons (Fsp3) is 0.889. The van der Waals surface area contributed by atoms with Crippen LogP contribution in [0.2, 0.25) is 0 Å². The van der Waals surface area contributed by atoms with Crippen LogP contribution >= 0.6 is 24.0 Å². The number of nitrogens with one attached hydrogen (secondary N) is 3. The third kappa shape index (κ3) is 11.1. The van der Waals surface area contributed by atoms with Gasteiger partial charge in [0.1, 0.15) is 5.60 Å². The number of nitrogens with zero attached hydrogens (tertiary/aromatic N) is 2. The van der Waals surface area contributed by atoms with Crippen LogP contribution in [0.1, 0.15) is 48.0 Å². The summed E-state index contributed by atoms with van der Waals surface area (Å²) < 4.78 is 5.32. The molecule has 1 fully saturated rings. The van der Waals surface area contributed by atoms with Crippen molar-refractivity contribution in [2.24, 2.45) is 10.9 Å². The zero-order valence-electron chi connectivity index (χ0n) is 17.4. The van der Waals surface area contributed by atoms with Crippen molar-refractivity contribution in [3.05, 3.63) is 0 Å². The first kappa shape index (κ1) is 25.2. The predicted octanol–water partition coefficient (Wildman–Crippen LogP) is 2.41. The lowest BCUT2D eigenvalue weighted by molar-refractivity contribution is 0.0476. The normalized spacial score (nSPS) is 18.9. The number of ether oxygens (including phenoxy) is 1. The molecule has 0 aliphatic carbocycles. The van der Waals surface area contributed by atoms with Gasteiger partial charge in [-0.25, -0.2) is 4.79 Å². The second-order valence-corrected chi connectivity index (χ2v) is 8.50. The molecule has 0 aromatic rings. The van der Waals surface area contributed by atoms with E-state index in [9.17, 15) is 4.79 Å². The molecule has 1 heterocycles. The molecule has 0 bridgehead atoms. The van der Waals surface area contributed by atoms with Crippen molar-refractivity contribution in [1.29, 1.82) is 0 Å². The first-order valence-corrected chi connectivity index (χ1v) is 9.22. The van der Waals surface area contributed by atoms with Crippen LogP contribution in [-0.4, -0.2) is 67.9 Å². The molecule has 8 heteroatoms. The molecular formula is C18H38IN5O2. The van der Waals surface area contributed by atoms with Gasteiger partial charge in [-0.1, -0.05) is 0 Å². The summed E-state index contributed by atoms with van der Waals surface area (Å²) in [6.45, 7) is 15.9. The van der Waals surface area contributed by atoms with Gasteiger partial charge in [0.15, 0.2) is 5.96 Å². The van der Waals surface area contributed by atoms with Crippen molar-refractivity contribution in [2.45, 2.75) is 59.1 Å². The maximum atomic E-state index is 12.0. The molecule has 0 saturated carbocycles. The largest absolute Gasteiger partial charge is 0.444 e. The zero-order chi connectivity index (χ0) is 19.1. The number of rotatable bonds is 6. The van der Waals surface area contributed by atoms with E-state index in [2.05, 4.69) is 32.9 Å². The minimum atomic E-state index is -0.506. The summed E-state index contributed by atoms with van der Waals surface area (Å²) in [6.07, 6.45) is 0.800. The Morgan fingerprint density at radius 1 is 1.23 bits per heavy atom. The molecule has 0 aromatic heterocycles. The van der Waals surface area contributed by atoms with Gasteiger partial charge in [-0.2, -0.15) is 0 Å². The summed E-state index contributed by atoms with van der Waals surface area (Å²) >= 11 is 0. The first-order chi connectivity index (χ1) is 11.5. The van der Waals surface area contributed by atoms with Crippen LogP contribution in [0, 0.1) is 5.92 Å². The Morgan fingerprint density at radius 3 is 2.38 bits per heavy atom. The number of carbonyl (C=O) groups excluding carboxylic acids is 1. The van der Waals surface area contributed by atoms with Gasteiger partial charge in [0, 0.05) is 19.6 Å². The maximum Gasteiger partial charge on any atom is 0.408 e. The fourth-order valence-electron chi connectivity index (χ4n) is 2.67. The van der Waals surface area contributed by atoms with Crippen LogP contribution in [0.4, 0.5) is 4.79 Å². The molecule has 1 saturated heterocycles. The highest BCUT2D eigenvalue weighted by molar-refractivity contribution is 14.0. The van der Waals surface area contributed by atoms with E-state index in [0.29, 0.717) is 12.5 Å². The molecule has 1 aliphatic rings. The van der Waals surface area contributed by atoms with Crippen molar-refractivity contribution in [2.75, 3.05) is 39.8 Å². The summed E-state index contributed by atoms with van der Waals surface area (Å²) in [5, 5.41) is 9.56. The number of carbonyl (C=O) groups is 1. The number of aliphatic imine (C=N–C) groups is 1. The highest BCUT2D eigenvalue weighted by Gasteiger charge is 2.25. The Balaban J connectivity index is 0.00000625. The summed E-state index contributed by atoms with van der Waals surface area (Å²) in [5.74, 6) is 1.44. The maximum absolute atomic E-state index is 12.0. The van der Waals surface area contributed by atoms with Crippen LogP contribution in [0.25, 0.3) is 0 Å². The number of alkyl carbamates (subject to hydrolysis) is 1. The van der Waals surface area contributed by atoms with Crippen molar-refractivity contribution in [1.82, 2.24) is 20.9 Å². The SMILES string of the molecule is CCNC(=NCC(C)(C)NC(=O)OC(C)(C)C)NCC1CCN(C)C1.I. The molecule has 3 N–H and O–H groups in total. The van der Waals surface area contributed by atoms with Crippen LogP contribution in [0.5, 0.6) is 0 Å². The number of hydrogen-bond acceptors (Lipinski definition) is 4. The van der Waals surface area contributed by atoms with E-state index in [1.54, 1.807) is 0 Å². The van der Waals surface area contributed by atoms with Gasteiger partial charge in [0.05, 0.1) is 12.1 Å². The molecule has 1 aliphatic heterocycles. The van der Waals surface area contributed by atoms with Gasteiger partial charge in [-0.3, -0.25) is 4.99 Å². The lowest BCUT2D eigenvalue weighted by Gasteiger charge is -2.27. The van der Waals surface area contributed by atoms with Crippen LogP contribution < -0.4 is 16.0 Å². The molecule has 26 heavy (non-hydrogen) atoms. The Hall–Kier alpha value is -0.770. The predicted molar refractivity (Wildman–Crippen MR) is 118 cm³/mol. The van der Waals surface area contributed by atoms with Gasteiger partial charge in [-0.15, -0.1) is 24.0 Å². The summed E-state index contributed by atoms with van der Waals surface area (Å²) in [5.41, 5.74) is -0.993. The number of guanidine groups is 1. The Kier molecular flexibility index (Phi) is 10.8. The Morgan fingerprint density at radius 2 is 1.88 bits per heavy atom. The minimum Gasteiger partial charge on any atom is -0.444 e. The quantitative estimate of drug-likeness (QED) is 0.307. The molecule has 0 aromatic carbocycles. The monoisotopic (exact) mass is 483 g/mol. The van der Waals surface area contributed by atoms with Crippen molar-refractivity contribution in [3.8, 4) is 0 Å². The van der Waals surface area contributed by atoms with E-state index in [4.69, 9.17) is 4.74 Å². The molecule has 1 amide bonds. The van der Waals surface area contributed by atoms with E-state index in [0.717, 1.165) is 32.1 Å². The van der Waals surface area contributed by atoms with Crippen LogP contribution in [-0.2, 0) is 4.74 Å². The van der Waals surface area contributed by atoms with Gasteiger partial charge < -0.3 is 25.6 Å². The highest BCUT2D eigenvalue weighted by Crippen LogP contribution is 2.13. The van der Waals surface area contributed by atoms with E-state index in [1.165, 1.54) is 6.42 Å². The fourth-order valence-corrected chi connectivity index (χ4v) is 2.67. The standard InChI is InChI=1S/C18H37N5O2.HI/c1-8-19-15(20-11-14-9-10-23(7)12-14)21-13-18(5,6)22-16(24)25-17(2,3)4;/h14H,8-13H2,1-7H3,(H,22,24)(H2,19,20,21);1H.